The fourth-order valence-electron chi connectivity index (χ4n) is 8.19. The van der Waals surface area contributed by atoms with Crippen LogP contribution in [0.25, 0.3) is 0 Å². The molecule has 104 heavy (non-hydrogen) atoms. The van der Waals surface area contributed by atoms with Crippen LogP contribution in [-0.2, 0) is 147 Å². The van der Waals surface area contributed by atoms with Crippen LogP contribution in [0.2, 0.25) is 0 Å². The van der Waals surface area contributed by atoms with E-state index in [0.29, 0.717) is 390 Å². The van der Waals surface area contributed by atoms with E-state index in [2.05, 4.69) is 6.92 Å². The van der Waals surface area contributed by atoms with Gasteiger partial charge in [0.05, 0.1) is 390 Å². The Labute approximate surface area is 623 Å². The number of carbonyl (C=O) groups excluding carboxylic acids is 1. The molecule has 0 unspecified atom stereocenters. The highest BCUT2D eigenvalue weighted by atomic mass is 16.6. The van der Waals surface area contributed by atoms with Crippen LogP contribution >= 0.6 is 0 Å². The third kappa shape index (κ3) is 98.3. The van der Waals surface area contributed by atoms with Gasteiger partial charge in [0.2, 0.25) is 0 Å². The van der Waals surface area contributed by atoms with Gasteiger partial charge in [-0.05, 0) is 6.42 Å². The zero-order chi connectivity index (χ0) is 74.3. The van der Waals surface area contributed by atoms with Gasteiger partial charge in [-0.1, -0.05) is 58.3 Å². The molecular weight excluding hydrogens is 1380 g/mol. The van der Waals surface area contributed by atoms with Crippen LogP contribution in [0.3, 0.4) is 0 Å². The van der Waals surface area contributed by atoms with E-state index in [1.54, 1.807) is 0 Å². The number of unbranched alkanes of at least 4 members (excludes halogenated alkanes) is 8. The van der Waals surface area contributed by atoms with Crippen LogP contribution in [0.5, 0.6) is 0 Å². The first-order valence-corrected chi connectivity index (χ1v) is 38.3. The van der Waals surface area contributed by atoms with Gasteiger partial charge in [0.15, 0.2) is 0 Å². The van der Waals surface area contributed by atoms with E-state index in [0.717, 1.165) is 12.8 Å². The van der Waals surface area contributed by atoms with Crippen LogP contribution in [0.4, 0.5) is 0 Å². The molecule has 0 saturated heterocycles. The van der Waals surface area contributed by atoms with Gasteiger partial charge in [-0.15, -0.1) is 0 Å². The number of aliphatic hydroxyl groups excluding tert-OH is 1. The molecule has 624 valence electrons. The standard InChI is InChI=1S/C72H144O32/c1-2-3-4-5-6-7-8-9-10-11-72(74)104-71-70-103-69-68-102-67-66-101-65-64-100-63-62-99-61-60-98-59-58-97-57-56-96-55-54-95-53-52-94-51-50-93-49-48-92-47-46-91-45-44-90-43-42-89-41-40-88-39-38-87-37-36-86-35-34-85-33-32-84-31-30-83-29-28-82-27-26-81-25-24-80-23-22-79-21-20-78-19-18-77-17-16-76-15-14-75-13-12-73/h73H,2-71H2,1H3. The summed E-state index contributed by atoms with van der Waals surface area (Å²) in [7, 11) is 0. The number of ether oxygens (including phenoxy) is 30. The zero-order valence-electron chi connectivity index (χ0n) is 64.1. The molecule has 1 N–H and O–H groups in total. The second-order valence-corrected chi connectivity index (χ2v) is 22.3. The van der Waals surface area contributed by atoms with Gasteiger partial charge < -0.3 is 147 Å². The first-order chi connectivity index (χ1) is 51.8. The maximum Gasteiger partial charge on any atom is 0.305 e. The minimum atomic E-state index is -0.144. The monoisotopic (exact) mass is 1520 g/mol. The first-order valence-electron chi connectivity index (χ1n) is 38.3. The van der Waals surface area contributed by atoms with Crippen molar-refractivity contribution in [2.24, 2.45) is 0 Å². The summed E-state index contributed by atoms with van der Waals surface area (Å²) in [6, 6.07) is 0. The number of carbonyl (C=O) groups is 1. The predicted molar refractivity (Wildman–Crippen MR) is 384 cm³/mol. The molecular formula is C72H144O32. The van der Waals surface area contributed by atoms with E-state index in [9.17, 15) is 4.79 Å². The summed E-state index contributed by atoms with van der Waals surface area (Å²) >= 11 is 0. The van der Waals surface area contributed by atoms with E-state index in [1.165, 1.54) is 44.9 Å². The Morgan fingerprint density at radius 3 is 0.413 bits per heavy atom. The van der Waals surface area contributed by atoms with Crippen LogP contribution < -0.4 is 0 Å². The molecule has 0 aliphatic carbocycles. The van der Waals surface area contributed by atoms with Crippen LogP contribution in [-0.4, -0.2) is 407 Å². The Bertz CT molecular complexity index is 1510. The molecule has 0 aromatic rings. The first kappa shape index (κ1) is 102. The summed E-state index contributed by atoms with van der Waals surface area (Å²) in [5, 5.41) is 8.62. The highest BCUT2D eigenvalue weighted by Crippen LogP contribution is 2.11. The highest BCUT2D eigenvalue weighted by Gasteiger charge is 2.05. The molecule has 32 heteroatoms. The van der Waals surface area contributed by atoms with Crippen molar-refractivity contribution in [1.82, 2.24) is 0 Å². The summed E-state index contributed by atoms with van der Waals surface area (Å²) in [4.78, 5) is 11.8. The van der Waals surface area contributed by atoms with Gasteiger partial charge in [0.25, 0.3) is 0 Å². The van der Waals surface area contributed by atoms with E-state index < -0.39 is 0 Å². The fraction of sp³-hybridized carbons (Fsp3) is 0.986. The molecule has 0 aromatic carbocycles. The van der Waals surface area contributed by atoms with Crippen molar-refractivity contribution in [3.05, 3.63) is 0 Å². The van der Waals surface area contributed by atoms with Gasteiger partial charge in [0.1, 0.15) is 6.61 Å². The lowest BCUT2D eigenvalue weighted by Gasteiger charge is -2.09. The molecule has 32 nitrogen and oxygen atoms in total. The Balaban J connectivity index is 3.11. The van der Waals surface area contributed by atoms with E-state index >= 15 is 0 Å². The molecule has 0 aromatic heterocycles. The number of aliphatic hydroxyl groups is 1. The van der Waals surface area contributed by atoms with Crippen LogP contribution in [0.15, 0.2) is 0 Å². The summed E-state index contributed by atoms with van der Waals surface area (Å²) in [6.45, 7) is 30.1. The Morgan fingerprint density at radius 2 is 0.279 bits per heavy atom. The molecule has 0 fully saturated rings. The van der Waals surface area contributed by atoms with Crippen molar-refractivity contribution in [2.45, 2.75) is 71.1 Å². The largest absolute Gasteiger partial charge is 0.463 e. The molecule has 0 aliphatic heterocycles. The SMILES string of the molecule is CCCCCCCCCCCC(=O)OCCOCCOCCOCCOCCOCCOCCOCCOCCOCCOCCOCCOCCOCCOCCOCCOCCOCCOCCOCCOCCOCCOCCOCCOCCOCCOCCOCCOCCOCCO. The summed E-state index contributed by atoms with van der Waals surface area (Å²) < 4.78 is 165. The number of rotatable bonds is 99. The third-order valence-corrected chi connectivity index (χ3v) is 13.6. The highest BCUT2D eigenvalue weighted by molar-refractivity contribution is 5.69. The van der Waals surface area contributed by atoms with E-state index in [1.807, 2.05) is 0 Å². The van der Waals surface area contributed by atoms with Gasteiger partial charge >= 0.3 is 5.97 Å². The Kier molecular flexibility index (Phi) is 97.6. The van der Waals surface area contributed by atoms with Gasteiger partial charge in [-0.25, -0.2) is 0 Å². The molecule has 0 spiro atoms. The maximum atomic E-state index is 11.8. The Morgan fingerprint density at radius 1 is 0.163 bits per heavy atom. The average molecular weight is 1520 g/mol. The quantitative estimate of drug-likeness (QED) is 0.0666. The smallest absolute Gasteiger partial charge is 0.305 e. The summed E-state index contributed by atoms with van der Waals surface area (Å²) in [5.74, 6) is -0.144. The summed E-state index contributed by atoms with van der Waals surface area (Å²) in [5.41, 5.74) is 0. The Hall–Kier alpha value is -1.73. The average Bonchev–Trinajstić information content (AvgIpc) is 3.44. The van der Waals surface area contributed by atoms with Gasteiger partial charge in [-0.3, -0.25) is 4.79 Å². The molecule has 0 bridgehead atoms. The molecule has 0 heterocycles. The number of hydrogen-bond acceptors (Lipinski definition) is 32. The summed E-state index contributed by atoms with van der Waals surface area (Å²) in [6.07, 6.45) is 11.5. The second-order valence-electron chi connectivity index (χ2n) is 22.3. The molecule has 0 radical (unpaired) electrons. The molecule has 0 rings (SSSR count). The lowest BCUT2D eigenvalue weighted by Crippen LogP contribution is -2.16. The van der Waals surface area contributed by atoms with Crippen molar-refractivity contribution >= 4 is 5.97 Å². The van der Waals surface area contributed by atoms with Crippen molar-refractivity contribution in [2.75, 3.05) is 396 Å². The lowest BCUT2D eigenvalue weighted by atomic mass is 10.1. The van der Waals surface area contributed by atoms with Crippen molar-refractivity contribution in [1.29, 1.82) is 0 Å². The molecule has 0 atom stereocenters. The minimum absolute atomic E-state index is 0.0160. The van der Waals surface area contributed by atoms with Crippen molar-refractivity contribution < 1.29 is 152 Å². The van der Waals surface area contributed by atoms with Gasteiger partial charge in [-0.2, -0.15) is 0 Å². The van der Waals surface area contributed by atoms with Crippen molar-refractivity contribution in [3.63, 3.8) is 0 Å². The number of esters is 1. The maximum absolute atomic E-state index is 11.8. The van der Waals surface area contributed by atoms with E-state index in [4.69, 9.17) is 147 Å². The van der Waals surface area contributed by atoms with Crippen molar-refractivity contribution in [3.8, 4) is 0 Å². The van der Waals surface area contributed by atoms with Gasteiger partial charge in [0, 0.05) is 6.42 Å². The fourth-order valence-corrected chi connectivity index (χ4v) is 8.19. The zero-order valence-corrected chi connectivity index (χ0v) is 64.1. The minimum Gasteiger partial charge on any atom is -0.463 e. The molecule has 0 aliphatic rings. The van der Waals surface area contributed by atoms with Crippen LogP contribution in [0.1, 0.15) is 71.1 Å². The third-order valence-electron chi connectivity index (χ3n) is 13.6. The predicted octanol–water partition coefficient (Wildman–Crippen LogP) is 3.92. The number of hydrogen-bond donors (Lipinski definition) is 1. The lowest BCUT2D eigenvalue weighted by molar-refractivity contribution is -0.145. The van der Waals surface area contributed by atoms with Crippen LogP contribution in [0, 0.1) is 0 Å². The molecule has 0 amide bonds. The molecule has 0 saturated carbocycles. The normalized spacial score (nSPS) is 11.8. The second kappa shape index (κ2) is 99.3. The topological polar surface area (TPSA) is 314 Å². The van der Waals surface area contributed by atoms with E-state index in [-0.39, 0.29) is 19.2 Å².